The Morgan fingerprint density at radius 1 is 1.52 bits per heavy atom. The van der Waals surface area contributed by atoms with Gasteiger partial charge in [0.2, 0.25) is 5.91 Å². The molecule has 23 heavy (non-hydrogen) atoms. The standard InChI is InChI=1S/C16H19FN4OS/c1-18-14(10-8-19-21(2)9-10)16(22)20-13-6-7-23-15-11(13)4-3-5-12(15)17/h3-5,8-9,13-14,18H,6-7H2,1-2H3,(H,20,22). The summed E-state index contributed by atoms with van der Waals surface area (Å²) in [6.07, 6.45) is 4.27. The Hall–Kier alpha value is -1.86. The molecule has 1 aliphatic heterocycles. The van der Waals surface area contributed by atoms with Crippen LogP contribution in [-0.4, -0.2) is 28.5 Å². The highest BCUT2D eigenvalue weighted by atomic mass is 32.2. The van der Waals surface area contributed by atoms with E-state index in [0.29, 0.717) is 4.90 Å². The number of fused-ring (bicyclic) bond motifs is 1. The van der Waals surface area contributed by atoms with Gasteiger partial charge in [-0.2, -0.15) is 5.10 Å². The Morgan fingerprint density at radius 2 is 2.35 bits per heavy atom. The molecule has 0 bridgehead atoms. The van der Waals surface area contributed by atoms with Crippen molar-refractivity contribution in [3.05, 3.63) is 47.5 Å². The number of aryl methyl sites for hydroxylation is 1. The molecule has 2 aromatic rings. The number of hydrogen-bond acceptors (Lipinski definition) is 4. The quantitative estimate of drug-likeness (QED) is 0.900. The van der Waals surface area contributed by atoms with Gasteiger partial charge in [-0.05, 0) is 25.1 Å². The van der Waals surface area contributed by atoms with Gasteiger partial charge in [-0.25, -0.2) is 4.39 Å². The fourth-order valence-corrected chi connectivity index (χ4v) is 3.97. The maximum absolute atomic E-state index is 13.9. The summed E-state index contributed by atoms with van der Waals surface area (Å²) in [6, 6.07) is 4.39. The Bertz CT molecular complexity index is 718. The molecular formula is C16H19FN4OS. The predicted molar refractivity (Wildman–Crippen MR) is 87.6 cm³/mol. The first-order valence-electron chi connectivity index (χ1n) is 7.47. The first-order valence-corrected chi connectivity index (χ1v) is 8.46. The summed E-state index contributed by atoms with van der Waals surface area (Å²) < 4.78 is 15.6. The first-order chi connectivity index (χ1) is 11.1. The zero-order valence-electron chi connectivity index (χ0n) is 13.0. The van der Waals surface area contributed by atoms with E-state index in [0.717, 1.165) is 23.3 Å². The molecule has 1 aliphatic rings. The molecule has 2 unspecified atom stereocenters. The van der Waals surface area contributed by atoms with Crippen molar-refractivity contribution in [2.45, 2.75) is 23.4 Å². The molecule has 0 saturated carbocycles. The van der Waals surface area contributed by atoms with Gasteiger partial charge in [0.15, 0.2) is 0 Å². The van der Waals surface area contributed by atoms with E-state index in [4.69, 9.17) is 0 Å². The van der Waals surface area contributed by atoms with Crippen LogP contribution in [0, 0.1) is 5.82 Å². The van der Waals surface area contributed by atoms with Crippen molar-refractivity contribution in [2.75, 3.05) is 12.8 Å². The topological polar surface area (TPSA) is 59.0 Å². The van der Waals surface area contributed by atoms with Crippen LogP contribution in [0.3, 0.4) is 0 Å². The van der Waals surface area contributed by atoms with Crippen LogP contribution in [0.5, 0.6) is 0 Å². The molecule has 0 radical (unpaired) electrons. The molecule has 0 aliphatic carbocycles. The lowest BCUT2D eigenvalue weighted by molar-refractivity contribution is -0.124. The number of benzene rings is 1. The minimum atomic E-state index is -0.477. The Morgan fingerprint density at radius 3 is 3.04 bits per heavy atom. The van der Waals surface area contributed by atoms with E-state index in [-0.39, 0.29) is 17.8 Å². The van der Waals surface area contributed by atoms with E-state index in [1.165, 1.54) is 17.8 Å². The molecule has 2 N–H and O–H groups in total. The van der Waals surface area contributed by atoms with Crippen molar-refractivity contribution in [1.29, 1.82) is 0 Å². The number of thioether (sulfide) groups is 1. The highest BCUT2D eigenvalue weighted by molar-refractivity contribution is 7.99. The summed E-state index contributed by atoms with van der Waals surface area (Å²) in [5.74, 6) is 0.437. The van der Waals surface area contributed by atoms with E-state index in [1.54, 1.807) is 24.0 Å². The van der Waals surface area contributed by atoms with Crippen molar-refractivity contribution in [3.63, 3.8) is 0 Å². The fraction of sp³-hybridized carbons (Fsp3) is 0.375. The van der Waals surface area contributed by atoms with Crippen molar-refractivity contribution >= 4 is 17.7 Å². The van der Waals surface area contributed by atoms with Crippen LogP contribution in [0.15, 0.2) is 35.5 Å². The molecule has 0 fully saturated rings. The summed E-state index contributed by atoms with van der Waals surface area (Å²) in [4.78, 5) is 13.3. The van der Waals surface area contributed by atoms with Gasteiger partial charge >= 0.3 is 0 Å². The minimum absolute atomic E-state index is 0.132. The number of amides is 1. The van der Waals surface area contributed by atoms with Crippen LogP contribution in [0.2, 0.25) is 0 Å². The van der Waals surface area contributed by atoms with E-state index in [9.17, 15) is 9.18 Å². The molecule has 0 saturated heterocycles. The summed E-state index contributed by atoms with van der Waals surface area (Å²) in [5, 5.41) is 10.2. The SMILES string of the molecule is CNC(C(=O)NC1CCSc2c(F)cccc21)c1cnn(C)c1. The summed E-state index contributed by atoms with van der Waals surface area (Å²) in [7, 11) is 3.55. The van der Waals surface area contributed by atoms with Gasteiger partial charge in [-0.1, -0.05) is 12.1 Å². The zero-order chi connectivity index (χ0) is 16.4. The molecular weight excluding hydrogens is 315 g/mol. The van der Waals surface area contributed by atoms with Gasteiger partial charge < -0.3 is 10.6 Å². The van der Waals surface area contributed by atoms with Gasteiger partial charge in [0.25, 0.3) is 0 Å². The van der Waals surface area contributed by atoms with Gasteiger partial charge in [-0.15, -0.1) is 11.8 Å². The van der Waals surface area contributed by atoms with Crippen LogP contribution >= 0.6 is 11.8 Å². The summed E-state index contributed by atoms with van der Waals surface area (Å²) in [5.41, 5.74) is 1.66. The number of hydrogen-bond donors (Lipinski definition) is 2. The lowest BCUT2D eigenvalue weighted by atomic mass is 10.0. The maximum atomic E-state index is 13.9. The molecule has 1 aromatic heterocycles. The maximum Gasteiger partial charge on any atom is 0.242 e. The number of carbonyl (C=O) groups excluding carboxylic acids is 1. The number of rotatable bonds is 4. The third kappa shape index (κ3) is 3.25. The number of nitrogens with one attached hydrogen (secondary N) is 2. The summed E-state index contributed by atoms with van der Waals surface area (Å²) in [6.45, 7) is 0. The van der Waals surface area contributed by atoms with E-state index >= 15 is 0 Å². The minimum Gasteiger partial charge on any atom is -0.348 e. The van der Waals surface area contributed by atoms with Gasteiger partial charge in [-0.3, -0.25) is 9.48 Å². The number of likely N-dealkylation sites (N-methyl/N-ethyl adjacent to an activating group) is 1. The highest BCUT2D eigenvalue weighted by Crippen LogP contribution is 2.37. The van der Waals surface area contributed by atoms with Crippen LogP contribution in [0.25, 0.3) is 0 Å². The first kappa shape index (κ1) is 16.0. The zero-order valence-corrected chi connectivity index (χ0v) is 13.9. The average Bonchev–Trinajstić information content (AvgIpc) is 2.95. The van der Waals surface area contributed by atoms with Crippen molar-refractivity contribution in [1.82, 2.24) is 20.4 Å². The lowest BCUT2D eigenvalue weighted by Gasteiger charge is -2.27. The molecule has 2 atom stereocenters. The molecule has 3 rings (SSSR count). The average molecular weight is 334 g/mol. The van der Waals surface area contributed by atoms with Gasteiger partial charge in [0.1, 0.15) is 11.9 Å². The van der Waals surface area contributed by atoms with E-state index in [2.05, 4.69) is 15.7 Å². The third-order valence-corrected chi connectivity index (χ3v) is 5.11. The smallest absolute Gasteiger partial charge is 0.242 e. The van der Waals surface area contributed by atoms with E-state index < -0.39 is 6.04 Å². The highest BCUT2D eigenvalue weighted by Gasteiger charge is 2.27. The fourth-order valence-electron chi connectivity index (χ4n) is 2.83. The number of nitrogens with zero attached hydrogens (tertiary/aromatic N) is 2. The second-order valence-corrected chi connectivity index (χ2v) is 6.63. The molecule has 0 spiro atoms. The summed E-state index contributed by atoms with van der Waals surface area (Å²) >= 11 is 1.50. The monoisotopic (exact) mass is 334 g/mol. The predicted octanol–water partition coefficient (Wildman–Crippen LogP) is 2.17. The molecule has 122 valence electrons. The molecule has 7 heteroatoms. The van der Waals surface area contributed by atoms with Crippen LogP contribution in [0.1, 0.15) is 29.6 Å². The van der Waals surface area contributed by atoms with Crippen LogP contribution in [0.4, 0.5) is 4.39 Å². The molecule has 1 aromatic carbocycles. The molecule has 5 nitrogen and oxygen atoms in total. The molecule has 2 heterocycles. The largest absolute Gasteiger partial charge is 0.348 e. The Balaban J connectivity index is 1.80. The van der Waals surface area contributed by atoms with E-state index in [1.807, 2.05) is 19.3 Å². The van der Waals surface area contributed by atoms with Crippen molar-refractivity contribution in [2.24, 2.45) is 7.05 Å². The second-order valence-electron chi connectivity index (χ2n) is 5.53. The lowest BCUT2D eigenvalue weighted by Crippen LogP contribution is -2.39. The van der Waals surface area contributed by atoms with Crippen LogP contribution in [-0.2, 0) is 11.8 Å². The molecule has 1 amide bonds. The second kappa shape index (κ2) is 6.72. The van der Waals surface area contributed by atoms with Gasteiger partial charge in [0.05, 0.1) is 12.2 Å². The number of halogens is 1. The van der Waals surface area contributed by atoms with Crippen molar-refractivity contribution in [3.8, 4) is 0 Å². The normalized spacial score (nSPS) is 18.3. The van der Waals surface area contributed by atoms with Crippen LogP contribution < -0.4 is 10.6 Å². The Labute approximate surface area is 138 Å². The number of aromatic nitrogens is 2. The number of carbonyl (C=O) groups is 1. The van der Waals surface area contributed by atoms with Gasteiger partial charge in [0, 0.05) is 29.5 Å². The van der Waals surface area contributed by atoms with Crippen molar-refractivity contribution < 1.29 is 9.18 Å². The Kier molecular flexibility index (Phi) is 4.68. The third-order valence-electron chi connectivity index (χ3n) is 3.95.